The lowest BCUT2D eigenvalue weighted by atomic mass is 10.0. The molecule has 0 fully saturated rings. The Morgan fingerprint density at radius 3 is 2.26 bits per heavy atom. The lowest BCUT2D eigenvalue weighted by Crippen LogP contribution is -2.12. The minimum absolute atomic E-state index is 0.214. The Balaban J connectivity index is 1.43. The van der Waals surface area contributed by atoms with Crippen LogP contribution in [0.1, 0.15) is 11.1 Å². The summed E-state index contributed by atoms with van der Waals surface area (Å²) in [4.78, 5) is 9.10. The zero-order valence-corrected chi connectivity index (χ0v) is 24.3. The molecular formula is C36H35N3O4. The number of methoxy groups -OCH3 is 1. The van der Waals surface area contributed by atoms with Crippen LogP contribution in [0, 0.1) is 0 Å². The third-order valence-corrected chi connectivity index (χ3v) is 7.75. The molecule has 1 N–H and O–H groups in total. The lowest BCUT2D eigenvalue weighted by Gasteiger charge is -2.15. The molecule has 0 bridgehead atoms. The van der Waals surface area contributed by atoms with E-state index in [1.165, 1.54) is 22.3 Å². The Labute approximate surface area is 252 Å². The monoisotopic (exact) mass is 573 g/mol. The Hall–Kier alpha value is -4.72. The van der Waals surface area contributed by atoms with Gasteiger partial charge in [0.05, 0.1) is 51.5 Å². The number of nitrogens with zero attached hydrogens (tertiary/aromatic N) is 3. The molecule has 1 aromatic heterocycles. The lowest BCUT2D eigenvalue weighted by molar-refractivity contribution is 0.0480. The van der Waals surface area contributed by atoms with Crippen molar-refractivity contribution in [2.45, 2.75) is 13.0 Å². The van der Waals surface area contributed by atoms with Crippen molar-refractivity contribution < 1.29 is 19.3 Å². The van der Waals surface area contributed by atoms with Gasteiger partial charge in [0.15, 0.2) is 0 Å². The second kappa shape index (κ2) is 13.1. The van der Waals surface area contributed by atoms with Crippen LogP contribution in [0.2, 0.25) is 0 Å². The van der Waals surface area contributed by atoms with Crippen molar-refractivity contribution in [3.63, 3.8) is 0 Å². The molecule has 0 atom stereocenters. The molecule has 0 spiro atoms. The highest BCUT2D eigenvalue weighted by Crippen LogP contribution is 2.41. The van der Waals surface area contributed by atoms with E-state index in [4.69, 9.17) is 19.2 Å². The van der Waals surface area contributed by atoms with Crippen LogP contribution in [0.5, 0.6) is 11.5 Å². The largest absolute Gasteiger partial charge is 0.508 e. The van der Waals surface area contributed by atoms with E-state index in [1.54, 1.807) is 19.2 Å². The maximum Gasteiger partial charge on any atom is 0.141 e. The maximum atomic E-state index is 10.0. The summed E-state index contributed by atoms with van der Waals surface area (Å²) in [7, 11) is 1.67. The topological polar surface area (TPSA) is 78.1 Å². The highest BCUT2D eigenvalue weighted by Gasteiger charge is 2.24. The maximum absolute atomic E-state index is 10.0. The molecule has 0 saturated heterocycles. The number of aromatic nitrogens is 2. The van der Waals surface area contributed by atoms with Crippen LogP contribution in [-0.2, 0) is 22.4 Å². The van der Waals surface area contributed by atoms with E-state index in [0.29, 0.717) is 39.5 Å². The van der Waals surface area contributed by atoms with Crippen molar-refractivity contribution >= 4 is 6.72 Å². The van der Waals surface area contributed by atoms with Gasteiger partial charge in [-0.25, -0.2) is 4.98 Å². The van der Waals surface area contributed by atoms with E-state index in [-0.39, 0.29) is 5.75 Å². The summed E-state index contributed by atoms with van der Waals surface area (Å²) >= 11 is 0. The molecule has 0 radical (unpaired) electrons. The van der Waals surface area contributed by atoms with Crippen molar-refractivity contribution in [2.75, 3.05) is 40.1 Å². The summed E-state index contributed by atoms with van der Waals surface area (Å²) in [5, 5.41) is 10.0. The number of benzene rings is 4. The van der Waals surface area contributed by atoms with Crippen LogP contribution < -0.4 is 4.74 Å². The first-order valence-electron chi connectivity index (χ1n) is 14.5. The summed E-state index contributed by atoms with van der Waals surface area (Å²) in [5.74, 6) is 1.86. The highest BCUT2D eigenvalue weighted by atomic mass is 16.5. The smallest absolute Gasteiger partial charge is 0.141 e. The van der Waals surface area contributed by atoms with Crippen molar-refractivity contribution in [1.29, 1.82) is 0 Å². The van der Waals surface area contributed by atoms with Gasteiger partial charge < -0.3 is 23.9 Å². The van der Waals surface area contributed by atoms with Gasteiger partial charge in [-0.15, -0.1) is 0 Å². The minimum atomic E-state index is 0.214. The first-order chi connectivity index (χ1) is 21.2. The first kappa shape index (κ1) is 28.4. The molecule has 218 valence electrons. The van der Waals surface area contributed by atoms with E-state index in [9.17, 15) is 5.11 Å². The second-order valence-corrected chi connectivity index (χ2v) is 10.4. The molecular weight excluding hydrogens is 538 g/mol. The molecule has 0 saturated carbocycles. The standard InChI is InChI=1S/C36H35N3O4/c1-37-17-19-42-21-22-43-20-18-39-35(26-11-15-31(41-2)16-12-26)34(25-9-13-30(40)14-10-25)38-36(39)29-8-7-28-23-27-5-3-4-6-32(27)33(28)24-29/h3-16,24,40H,1,17-23H2,2H3. The molecule has 5 aromatic rings. The highest BCUT2D eigenvalue weighted by molar-refractivity contribution is 5.85. The number of ether oxygens (including phenoxy) is 3. The van der Waals surface area contributed by atoms with Gasteiger partial charge in [-0.3, -0.25) is 4.99 Å². The van der Waals surface area contributed by atoms with Gasteiger partial charge in [-0.2, -0.15) is 0 Å². The summed E-state index contributed by atoms with van der Waals surface area (Å²) in [5.41, 5.74) is 9.98. The third kappa shape index (κ3) is 6.09. The van der Waals surface area contributed by atoms with Gasteiger partial charge >= 0.3 is 0 Å². The number of aromatic hydroxyl groups is 1. The van der Waals surface area contributed by atoms with Gasteiger partial charge in [-0.1, -0.05) is 36.4 Å². The fraction of sp³-hybridized carbons (Fsp3) is 0.222. The molecule has 6 rings (SSSR count). The number of fused-ring (bicyclic) bond motifs is 3. The summed E-state index contributed by atoms with van der Waals surface area (Å²) in [6, 6.07) is 30.5. The van der Waals surface area contributed by atoms with Crippen LogP contribution in [-0.4, -0.2) is 61.5 Å². The molecule has 0 aliphatic heterocycles. The summed E-state index contributed by atoms with van der Waals surface area (Å²) in [6.07, 6.45) is 0.939. The van der Waals surface area contributed by atoms with Crippen LogP contribution in [0.15, 0.2) is 96.0 Å². The van der Waals surface area contributed by atoms with Gasteiger partial charge in [0.25, 0.3) is 0 Å². The number of phenols is 1. The van der Waals surface area contributed by atoms with Crippen LogP contribution in [0.4, 0.5) is 0 Å². The van der Waals surface area contributed by atoms with Crippen molar-refractivity contribution in [3.8, 4) is 56.5 Å². The van der Waals surface area contributed by atoms with E-state index < -0.39 is 0 Å². The van der Waals surface area contributed by atoms with Crippen molar-refractivity contribution in [1.82, 2.24) is 9.55 Å². The van der Waals surface area contributed by atoms with Crippen LogP contribution >= 0.6 is 0 Å². The Bertz CT molecular complexity index is 1710. The predicted molar refractivity (Wildman–Crippen MR) is 171 cm³/mol. The number of hydrogen-bond donors (Lipinski definition) is 1. The van der Waals surface area contributed by atoms with E-state index >= 15 is 0 Å². The van der Waals surface area contributed by atoms with Gasteiger partial charge in [-0.05, 0) is 90.0 Å². The zero-order valence-electron chi connectivity index (χ0n) is 24.3. The minimum Gasteiger partial charge on any atom is -0.508 e. The van der Waals surface area contributed by atoms with E-state index in [2.05, 4.69) is 70.9 Å². The Morgan fingerprint density at radius 1 is 0.791 bits per heavy atom. The number of hydrogen-bond acceptors (Lipinski definition) is 6. The molecule has 7 heteroatoms. The molecule has 0 amide bonds. The molecule has 1 heterocycles. The van der Waals surface area contributed by atoms with Crippen LogP contribution in [0.3, 0.4) is 0 Å². The zero-order chi connectivity index (χ0) is 29.6. The molecule has 43 heavy (non-hydrogen) atoms. The molecule has 7 nitrogen and oxygen atoms in total. The number of rotatable bonds is 13. The average molecular weight is 574 g/mol. The summed E-state index contributed by atoms with van der Waals surface area (Å²) in [6.45, 7) is 6.66. The van der Waals surface area contributed by atoms with Gasteiger partial charge in [0, 0.05) is 23.2 Å². The molecule has 0 unspecified atom stereocenters. The predicted octanol–water partition coefficient (Wildman–Crippen LogP) is 6.90. The summed E-state index contributed by atoms with van der Waals surface area (Å²) < 4.78 is 19.3. The molecule has 4 aromatic carbocycles. The molecule has 1 aliphatic rings. The van der Waals surface area contributed by atoms with E-state index in [0.717, 1.165) is 46.1 Å². The average Bonchev–Trinajstić information content (AvgIpc) is 3.61. The first-order valence-corrected chi connectivity index (χ1v) is 14.5. The number of phenolic OH excluding ortho intramolecular Hbond substituents is 1. The number of aliphatic imine (C=N–C) groups is 1. The number of imidazole rings is 1. The van der Waals surface area contributed by atoms with Crippen molar-refractivity contribution in [3.05, 3.63) is 102 Å². The van der Waals surface area contributed by atoms with Gasteiger partial charge in [0.1, 0.15) is 17.3 Å². The Morgan fingerprint density at radius 2 is 1.49 bits per heavy atom. The Kier molecular flexibility index (Phi) is 8.63. The second-order valence-electron chi connectivity index (χ2n) is 10.4. The SMILES string of the molecule is C=NCCOCCOCCn1c(-c2ccc3c(c2)-c2ccccc2C3)nc(-c2ccc(O)cc2)c1-c1ccc(OC)cc1. The third-order valence-electron chi connectivity index (χ3n) is 7.75. The van der Waals surface area contributed by atoms with Crippen molar-refractivity contribution in [2.24, 2.45) is 4.99 Å². The fourth-order valence-electron chi connectivity index (χ4n) is 5.62. The quantitative estimate of drug-likeness (QED) is 0.120. The van der Waals surface area contributed by atoms with E-state index in [1.807, 2.05) is 24.3 Å². The fourth-order valence-corrected chi connectivity index (χ4v) is 5.62. The molecule has 1 aliphatic carbocycles. The van der Waals surface area contributed by atoms with Gasteiger partial charge in [0.2, 0.25) is 0 Å². The normalized spacial score (nSPS) is 11.7. The van der Waals surface area contributed by atoms with Crippen LogP contribution in [0.25, 0.3) is 45.0 Å².